The standard InChI is InChI=1S/C33H43N7O3/c1-22(2)42-30-11-9-8-10-27(30)36-28-19-31(35-21-23(28)20-34)37-26-13-12-25(40-16-14-24(15-17-40)39(6)7)18-29(26)38-32(41)43-33(3,4)5/h8-13,18-19,21-22,24H,14-17H2,1-7H3,(H,38,41)(H2,35,36,37). The van der Waals surface area contributed by atoms with Crippen molar-refractivity contribution >= 4 is 40.3 Å². The van der Waals surface area contributed by atoms with Crippen molar-refractivity contribution in [3.63, 3.8) is 0 Å². The molecule has 0 spiro atoms. The minimum absolute atomic E-state index is 0.00808. The van der Waals surface area contributed by atoms with Crippen LogP contribution in [0.15, 0.2) is 54.7 Å². The molecule has 0 unspecified atom stereocenters. The number of nitrogens with zero attached hydrogens (tertiary/aromatic N) is 4. The van der Waals surface area contributed by atoms with Crippen LogP contribution in [-0.2, 0) is 4.74 Å². The lowest BCUT2D eigenvalue weighted by atomic mass is 10.0. The number of amides is 1. The Labute approximate surface area is 255 Å². The van der Waals surface area contributed by atoms with Crippen molar-refractivity contribution in [2.75, 3.05) is 48.0 Å². The van der Waals surface area contributed by atoms with E-state index in [0.29, 0.717) is 40.2 Å². The molecule has 0 aliphatic carbocycles. The molecule has 3 aromatic rings. The Morgan fingerprint density at radius 2 is 1.74 bits per heavy atom. The van der Waals surface area contributed by atoms with Crippen LogP contribution in [0, 0.1) is 11.3 Å². The number of pyridine rings is 1. The third-order valence-corrected chi connectivity index (χ3v) is 7.00. The summed E-state index contributed by atoms with van der Waals surface area (Å²) >= 11 is 0. The fourth-order valence-corrected chi connectivity index (χ4v) is 4.92. The number of para-hydroxylation sites is 2. The van der Waals surface area contributed by atoms with Gasteiger partial charge in [-0.2, -0.15) is 5.26 Å². The Morgan fingerprint density at radius 3 is 2.40 bits per heavy atom. The van der Waals surface area contributed by atoms with Crippen molar-refractivity contribution in [2.24, 2.45) is 0 Å². The van der Waals surface area contributed by atoms with Gasteiger partial charge in [0.25, 0.3) is 0 Å². The Hall–Kier alpha value is -4.49. The van der Waals surface area contributed by atoms with Gasteiger partial charge in [0.1, 0.15) is 23.2 Å². The monoisotopic (exact) mass is 585 g/mol. The summed E-state index contributed by atoms with van der Waals surface area (Å²) in [5, 5.41) is 19.4. The first-order valence-corrected chi connectivity index (χ1v) is 14.7. The molecule has 2 heterocycles. The maximum Gasteiger partial charge on any atom is 0.412 e. The molecule has 1 aromatic heterocycles. The second-order valence-corrected chi connectivity index (χ2v) is 12.2. The summed E-state index contributed by atoms with van der Waals surface area (Å²) in [6.07, 6.45) is 3.10. The zero-order valence-corrected chi connectivity index (χ0v) is 26.2. The van der Waals surface area contributed by atoms with Gasteiger partial charge in [-0.15, -0.1) is 0 Å². The maximum absolute atomic E-state index is 12.8. The van der Waals surface area contributed by atoms with E-state index in [4.69, 9.17) is 9.47 Å². The number of piperidine rings is 1. The summed E-state index contributed by atoms with van der Waals surface area (Å²) in [7, 11) is 4.25. The predicted molar refractivity (Wildman–Crippen MR) is 173 cm³/mol. The molecule has 10 nitrogen and oxygen atoms in total. The number of hydrogen-bond donors (Lipinski definition) is 3. The van der Waals surface area contributed by atoms with E-state index < -0.39 is 11.7 Å². The first kappa shape index (κ1) is 31.4. The molecule has 2 aromatic carbocycles. The highest BCUT2D eigenvalue weighted by Gasteiger charge is 2.23. The van der Waals surface area contributed by atoms with Gasteiger partial charge in [0.2, 0.25) is 0 Å². The van der Waals surface area contributed by atoms with E-state index in [1.807, 2.05) is 77.1 Å². The van der Waals surface area contributed by atoms with Crippen molar-refractivity contribution in [1.29, 1.82) is 5.26 Å². The van der Waals surface area contributed by atoms with E-state index in [0.717, 1.165) is 37.3 Å². The average molecular weight is 586 g/mol. The first-order valence-electron chi connectivity index (χ1n) is 14.7. The van der Waals surface area contributed by atoms with Crippen LogP contribution in [0.5, 0.6) is 5.75 Å². The van der Waals surface area contributed by atoms with Gasteiger partial charge < -0.3 is 29.9 Å². The van der Waals surface area contributed by atoms with Gasteiger partial charge in [0.05, 0.1) is 34.4 Å². The molecule has 10 heteroatoms. The fourth-order valence-electron chi connectivity index (χ4n) is 4.92. The molecule has 1 aliphatic rings. The smallest absolute Gasteiger partial charge is 0.412 e. The number of ether oxygens (including phenoxy) is 2. The SMILES string of the molecule is CC(C)Oc1ccccc1Nc1cc(Nc2ccc(N3CCC(N(C)C)CC3)cc2NC(=O)OC(C)(C)C)ncc1C#N. The minimum atomic E-state index is -0.645. The number of carbonyl (C=O) groups is 1. The molecule has 1 fully saturated rings. The molecule has 43 heavy (non-hydrogen) atoms. The summed E-state index contributed by atoms with van der Waals surface area (Å²) in [4.78, 5) is 21.9. The number of rotatable bonds is 9. The molecular formula is C33H43N7O3. The number of nitriles is 1. The van der Waals surface area contributed by atoms with E-state index in [9.17, 15) is 10.1 Å². The number of carbonyl (C=O) groups excluding carboxylic acids is 1. The number of benzene rings is 2. The molecule has 1 aliphatic heterocycles. The minimum Gasteiger partial charge on any atom is -0.489 e. The highest BCUT2D eigenvalue weighted by atomic mass is 16.6. The third kappa shape index (κ3) is 8.75. The molecular weight excluding hydrogens is 542 g/mol. The second kappa shape index (κ2) is 13.7. The van der Waals surface area contributed by atoms with Crippen LogP contribution in [0.4, 0.5) is 39.0 Å². The molecule has 1 amide bonds. The lowest BCUT2D eigenvalue weighted by Crippen LogP contribution is -2.42. The van der Waals surface area contributed by atoms with E-state index in [1.54, 1.807) is 6.07 Å². The van der Waals surface area contributed by atoms with Gasteiger partial charge >= 0.3 is 6.09 Å². The van der Waals surface area contributed by atoms with Crippen molar-refractivity contribution in [3.8, 4) is 11.8 Å². The van der Waals surface area contributed by atoms with Crippen LogP contribution in [0.2, 0.25) is 0 Å². The molecule has 0 bridgehead atoms. The lowest BCUT2D eigenvalue weighted by Gasteiger charge is -2.36. The molecule has 228 valence electrons. The lowest BCUT2D eigenvalue weighted by molar-refractivity contribution is 0.0636. The van der Waals surface area contributed by atoms with Crippen molar-refractivity contribution < 1.29 is 14.3 Å². The van der Waals surface area contributed by atoms with Gasteiger partial charge in [0.15, 0.2) is 0 Å². The summed E-state index contributed by atoms with van der Waals surface area (Å²) < 4.78 is 11.5. The van der Waals surface area contributed by atoms with Gasteiger partial charge in [-0.1, -0.05) is 12.1 Å². The normalized spacial score (nSPS) is 13.9. The Bertz CT molecular complexity index is 1450. The van der Waals surface area contributed by atoms with Crippen LogP contribution in [0.25, 0.3) is 0 Å². The quantitative estimate of drug-likeness (QED) is 0.242. The third-order valence-electron chi connectivity index (χ3n) is 7.00. The summed E-state index contributed by atoms with van der Waals surface area (Å²) in [6, 6.07) is 18.1. The Kier molecular flexibility index (Phi) is 9.99. The topological polar surface area (TPSA) is 115 Å². The van der Waals surface area contributed by atoms with Crippen LogP contribution in [-0.4, -0.2) is 60.9 Å². The van der Waals surface area contributed by atoms with Crippen molar-refractivity contribution in [2.45, 2.75) is 65.2 Å². The van der Waals surface area contributed by atoms with Gasteiger partial charge in [-0.05, 0) is 91.9 Å². The number of nitrogens with one attached hydrogen (secondary N) is 3. The van der Waals surface area contributed by atoms with E-state index in [2.05, 4.69) is 50.9 Å². The van der Waals surface area contributed by atoms with E-state index >= 15 is 0 Å². The summed E-state index contributed by atoms with van der Waals surface area (Å²) in [5.41, 5.74) is 3.27. The summed E-state index contributed by atoms with van der Waals surface area (Å²) in [5.74, 6) is 1.18. The molecule has 0 radical (unpaired) electrons. The van der Waals surface area contributed by atoms with Crippen molar-refractivity contribution in [3.05, 3.63) is 60.3 Å². The predicted octanol–water partition coefficient (Wildman–Crippen LogP) is 7.11. The van der Waals surface area contributed by atoms with Gasteiger partial charge in [-0.25, -0.2) is 9.78 Å². The molecule has 3 N–H and O–H groups in total. The molecule has 4 rings (SSSR count). The molecule has 0 atom stereocenters. The van der Waals surface area contributed by atoms with Crippen LogP contribution < -0.4 is 25.6 Å². The maximum atomic E-state index is 12.8. The number of hydrogen-bond acceptors (Lipinski definition) is 9. The fraction of sp³-hybridized carbons (Fsp3) is 0.424. The van der Waals surface area contributed by atoms with Crippen molar-refractivity contribution in [1.82, 2.24) is 9.88 Å². The Morgan fingerprint density at radius 1 is 1.02 bits per heavy atom. The van der Waals surface area contributed by atoms with Gasteiger partial charge in [0, 0.05) is 37.1 Å². The second-order valence-electron chi connectivity index (χ2n) is 12.2. The van der Waals surface area contributed by atoms with Crippen LogP contribution >= 0.6 is 0 Å². The first-order chi connectivity index (χ1) is 20.4. The highest BCUT2D eigenvalue weighted by molar-refractivity contribution is 5.92. The van der Waals surface area contributed by atoms with E-state index in [-0.39, 0.29) is 6.10 Å². The number of anilines is 6. The molecule has 0 saturated carbocycles. The average Bonchev–Trinajstić information content (AvgIpc) is 2.94. The highest BCUT2D eigenvalue weighted by Crippen LogP contribution is 2.34. The largest absolute Gasteiger partial charge is 0.489 e. The zero-order chi connectivity index (χ0) is 31.1. The zero-order valence-electron chi connectivity index (χ0n) is 26.2. The van der Waals surface area contributed by atoms with Gasteiger partial charge in [-0.3, -0.25) is 5.32 Å². The van der Waals surface area contributed by atoms with Crippen LogP contribution in [0.3, 0.4) is 0 Å². The molecule has 1 saturated heterocycles. The van der Waals surface area contributed by atoms with E-state index in [1.165, 1.54) is 6.20 Å². The Balaban J connectivity index is 1.62. The summed E-state index contributed by atoms with van der Waals surface area (Å²) in [6.45, 7) is 11.3. The van der Waals surface area contributed by atoms with Crippen LogP contribution in [0.1, 0.15) is 53.0 Å². The number of aromatic nitrogens is 1.